The van der Waals surface area contributed by atoms with Crippen LogP contribution >= 0.6 is 11.3 Å². The number of ether oxygens (including phenoxy) is 3. The van der Waals surface area contributed by atoms with Crippen molar-refractivity contribution >= 4 is 38.5 Å². The molecule has 0 saturated carbocycles. The molecule has 49 heavy (non-hydrogen) atoms. The van der Waals surface area contributed by atoms with Crippen molar-refractivity contribution in [1.29, 1.82) is 0 Å². The number of carbonyl (C=O) groups excluding carboxylic acids is 1. The Labute approximate surface area is 289 Å². The van der Waals surface area contributed by atoms with Crippen LogP contribution in [0.4, 0.5) is 4.79 Å². The van der Waals surface area contributed by atoms with Gasteiger partial charge in [0.2, 0.25) is 0 Å². The summed E-state index contributed by atoms with van der Waals surface area (Å²) in [6.45, 7) is 11.4. The van der Waals surface area contributed by atoms with Crippen molar-refractivity contribution in [3.05, 3.63) is 88.7 Å². The van der Waals surface area contributed by atoms with E-state index in [1.807, 2.05) is 20.8 Å². The zero-order chi connectivity index (χ0) is 34.3. The molecule has 3 aliphatic rings. The lowest BCUT2D eigenvalue weighted by molar-refractivity contribution is -0.0790. The zero-order valence-electron chi connectivity index (χ0n) is 28.1. The Hall–Kier alpha value is -4.10. The topological polar surface area (TPSA) is 113 Å². The maximum Gasteiger partial charge on any atom is 0.410 e. The summed E-state index contributed by atoms with van der Waals surface area (Å²) in [7, 11) is -4.14. The van der Waals surface area contributed by atoms with Crippen LogP contribution in [0.15, 0.2) is 71.3 Å². The highest BCUT2D eigenvalue weighted by Gasteiger charge is 2.47. The van der Waals surface area contributed by atoms with E-state index in [9.17, 15) is 13.2 Å². The van der Waals surface area contributed by atoms with Crippen molar-refractivity contribution < 1.29 is 27.4 Å². The van der Waals surface area contributed by atoms with Gasteiger partial charge < -0.3 is 19.1 Å². The predicted octanol–water partition coefficient (Wildman–Crippen LogP) is 7.59. The summed E-state index contributed by atoms with van der Waals surface area (Å²) in [5.74, 6) is 0. The first-order chi connectivity index (χ1) is 23.3. The van der Waals surface area contributed by atoms with E-state index < -0.39 is 26.8 Å². The summed E-state index contributed by atoms with van der Waals surface area (Å²) in [5, 5.41) is 0.738. The predicted molar refractivity (Wildman–Crippen MR) is 187 cm³/mol. The van der Waals surface area contributed by atoms with E-state index >= 15 is 0 Å². The number of amides is 1. The molecule has 0 radical (unpaired) electrons. The van der Waals surface area contributed by atoms with E-state index in [2.05, 4.69) is 37.0 Å². The van der Waals surface area contributed by atoms with Gasteiger partial charge in [-0.25, -0.2) is 22.2 Å². The number of hydrogen-bond donors (Lipinski definition) is 0. The maximum absolute atomic E-state index is 14.8. The first-order valence-corrected chi connectivity index (χ1v) is 18.8. The normalized spacial score (nSPS) is 18.2. The highest BCUT2D eigenvalue weighted by molar-refractivity contribution is 7.90. The fourth-order valence-corrected chi connectivity index (χ4v) is 9.73. The molecular weight excluding hydrogens is 661 g/mol. The fraction of sp³-hybridized carbons (Fsp3) is 0.378. The third kappa shape index (κ3) is 5.19. The van der Waals surface area contributed by atoms with Crippen molar-refractivity contribution in [2.45, 2.75) is 82.4 Å². The van der Waals surface area contributed by atoms with E-state index in [0.717, 1.165) is 38.8 Å². The molecule has 3 aromatic heterocycles. The second-order valence-electron chi connectivity index (χ2n) is 14.5. The SMILES string of the molecule is CC(C)(C)OC(=O)N1CCC2(CC1)OCc1cnc3c(c(-c4ccc5c(c4)COC5(C)C)c(-c4cncs4)n3S(=O)(=O)c3ccccc3)c12. The molecular formula is C37H38N4O6S2. The molecule has 1 fully saturated rings. The number of likely N-dealkylation sites (tertiary alicyclic amines) is 1. The van der Waals surface area contributed by atoms with Gasteiger partial charge in [-0.05, 0) is 82.3 Å². The number of benzene rings is 2. The van der Waals surface area contributed by atoms with Gasteiger partial charge in [0.15, 0.2) is 5.65 Å². The maximum atomic E-state index is 14.8. The van der Waals surface area contributed by atoms with Crippen molar-refractivity contribution in [2.75, 3.05) is 13.1 Å². The summed E-state index contributed by atoms with van der Waals surface area (Å²) >= 11 is 1.38. The molecule has 1 saturated heterocycles. The van der Waals surface area contributed by atoms with Crippen LogP contribution in [0.5, 0.6) is 0 Å². The first kappa shape index (κ1) is 32.1. The fourth-order valence-electron chi connectivity index (χ4n) is 7.51. The van der Waals surface area contributed by atoms with Gasteiger partial charge >= 0.3 is 6.09 Å². The lowest BCUT2D eigenvalue weighted by Gasteiger charge is -2.39. The Morgan fingerprint density at radius 2 is 1.71 bits per heavy atom. The number of fused-ring (bicyclic) bond motifs is 5. The summed E-state index contributed by atoms with van der Waals surface area (Å²) in [6, 6.07) is 14.7. The van der Waals surface area contributed by atoms with Gasteiger partial charge in [0, 0.05) is 47.6 Å². The Balaban J connectivity index is 1.40. The molecule has 1 amide bonds. The van der Waals surface area contributed by atoms with Crippen molar-refractivity contribution in [3.8, 4) is 21.7 Å². The minimum absolute atomic E-state index is 0.159. The lowest BCUT2D eigenvalue weighted by Crippen LogP contribution is -2.46. The van der Waals surface area contributed by atoms with Gasteiger partial charge in [0.05, 0.1) is 45.4 Å². The van der Waals surface area contributed by atoms with Crippen LogP contribution in [0.1, 0.15) is 69.7 Å². The number of thiazole rings is 1. The van der Waals surface area contributed by atoms with Crippen LogP contribution in [0.2, 0.25) is 0 Å². The molecule has 0 N–H and O–H groups in total. The van der Waals surface area contributed by atoms with E-state index in [1.54, 1.807) is 53.1 Å². The molecule has 0 unspecified atom stereocenters. The number of hydrogen-bond acceptors (Lipinski definition) is 9. The number of aromatic nitrogens is 3. The molecule has 254 valence electrons. The second-order valence-corrected chi connectivity index (χ2v) is 17.1. The Bertz CT molecular complexity index is 2210. The highest BCUT2D eigenvalue weighted by Crippen LogP contribution is 2.53. The molecule has 5 aromatic rings. The minimum atomic E-state index is -4.14. The summed E-state index contributed by atoms with van der Waals surface area (Å²) in [4.78, 5) is 24.9. The minimum Gasteiger partial charge on any atom is -0.444 e. The summed E-state index contributed by atoms with van der Waals surface area (Å²) in [6.07, 6.45) is 4.16. The third-order valence-electron chi connectivity index (χ3n) is 9.78. The van der Waals surface area contributed by atoms with Crippen LogP contribution in [0, 0.1) is 0 Å². The quantitative estimate of drug-likeness (QED) is 0.189. The van der Waals surface area contributed by atoms with Crippen LogP contribution in [-0.4, -0.2) is 52.0 Å². The molecule has 6 heterocycles. The molecule has 0 aliphatic carbocycles. The van der Waals surface area contributed by atoms with E-state index in [0.29, 0.717) is 55.4 Å². The Kier molecular flexibility index (Phi) is 7.35. The van der Waals surface area contributed by atoms with Crippen LogP contribution in [0.25, 0.3) is 32.7 Å². The van der Waals surface area contributed by atoms with Gasteiger partial charge in [-0.1, -0.05) is 30.3 Å². The Morgan fingerprint density at radius 1 is 0.980 bits per heavy atom. The zero-order valence-corrected chi connectivity index (χ0v) is 29.8. The van der Waals surface area contributed by atoms with E-state index in [-0.39, 0.29) is 11.0 Å². The molecule has 3 aliphatic heterocycles. The molecule has 10 nitrogen and oxygen atoms in total. The van der Waals surface area contributed by atoms with Crippen LogP contribution in [0.3, 0.4) is 0 Å². The average Bonchev–Trinajstić information content (AvgIpc) is 3.85. The van der Waals surface area contributed by atoms with Gasteiger partial charge in [-0.2, -0.15) is 0 Å². The van der Waals surface area contributed by atoms with Crippen molar-refractivity contribution in [1.82, 2.24) is 18.8 Å². The van der Waals surface area contributed by atoms with Crippen LogP contribution < -0.4 is 0 Å². The van der Waals surface area contributed by atoms with Crippen molar-refractivity contribution in [3.63, 3.8) is 0 Å². The first-order valence-electron chi connectivity index (χ1n) is 16.4. The van der Waals surface area contributed by atoms with Crippen LogP contribution in [-0.2, 0) is 48.6 Å². The number of rotatable bonds is 4. The van der Waals surface area contributed by atoms with E-state index in [4.69, 9.17) is 19.2 Å². The summed E-state index contributed by atoms with van der Waals surface area (Å²) in [5.41, 5.74) is 6.39. The Morgan fingerprint density at radius 3 is 2.41 bits per heavy atom. The number of carbonyl (C=O) groups is 1. The molecule has 0 atom stereocenters. The standard InChI is InChI=1S/C37H38N4O6S2/c1-35(2,3)47-34(42)40-15-13-37(14-16-40)31-25(21-46-37)18-39-33-30(31)29(23-11-12-27-24(17-23)20-45-36(27,4)5)32(28-19-38-22-48-28)41(33)49(43,44)26-9-7-6-8-10-26/h6-12,17-19,22H,13-16,20-21H2,1-5H3. The second kappa shape index (κ2) is 11.2. The smallest absolute Gasteiger partial charge is 0.410 e. The monoisotopic (exact) mass is 698 g/mol. The molecule has 8 rings (SSSR count). The average molecular weight is 699 g/mol. The molecule has 2 aromatic carbocycles. The molecule has 1 spiro atoms. The summed E-state index contributed by atoms with van der Waals surface area (Å²) < 4.78 is 49.5. The van der Waals surface area contributed by atoms with Gasteiger partial charge in [0.1, 0.15) is 5.60 Å². The third-order valence-corrected chi connectivity index (χ3v) is 12.3. The van der Waals surface area contributed by atoms with Gasteiger partial charge in [-0.15, -0.1) is 11.3 Å². The molecule has 0 bridgehead atoms. The van der Waals surface area contributed by atoms with Crippen molar-refractivity contribution in [2.24, 2.45) is 0 Å². The number of piperidine rings is 1. The van der Waals surface area contributed by atoms with Gasteiger partial charge in [0.25, 0.3) is 10.0 Å². The number of nitrogens with zero attached hydrogens (tertiary/aromatic N) is 4. The lowest BCUT2D eigenvalue weighted by atomic mass is 9.81. The van der Waals surface area contributed by atoms with Gasteiger partial charge in [-0.3, -0.25) is 4.98 Å². The molecule has 12 heteroatoms. The van der Waals surface area contributed by atoms with E-state index in [1.165, 1.54) is 15.3 Å². The highest BCUT2D eigenvalue weighted by atomic mass is 32.2. The number of pyridine rings is 1. The largest absolute Gasteiger partial charge is 0.444 e.